The Morgan fingerprint density at radius 2 is 1.92 bits per heavy atom. The molecule has 0 heterocycles. The molecule has 0 spiro atoms. The quantitative estimate of drug-likeness (QED) is 0.654. The van der Waals surface area contributed by atoms with E-state index in [-0.39, 0.29) is 0 Å². The van der Waals surface area contributed by atoms with Crippen molar-refractivity contribution < 1.29 is 4.18 Å². The molecule has 0 aromatic rings. The van der Waals surface area contributed by atoms with Crippen LogP contribution in [0.2, 0.25) is 0 Å². The molecule has 0 radical (unpaired) electrons. The summed E-state index contributed by atoms with van der Waals surface area (Å²) >= 11 is 9.62. The summed E-state index contributed by atoms with van der Waals surface area (Å²) in [5, 5.41) is 0. The lowest BCUT2D eigenvalue weighted by Crippen LogP contribution is -2.03. The van der Waals surface area contributed by atoms with Crippen molar-refractivity contribution in [2.24, 2.45) is 5.92 Å². The van der Waals surface area contributed by atoms with Crippen LogP contribution < -0.4 is 0 Å². The first kappa shape index (κ1) is 13.8. The highest BCUT2D eigenvalue weighted by atomic mass is 33.1. The third-order valence-corrected chi connectivity index (χ3v) is 3.29. The van der Waals surface area contributed by atoms with Crippen molar-refractivity contribution in [1.29, 1.82) is 0 Å². The fourth-order valence-corrected chi connectivity index (χ4v) is 2.04. The summed E-state index contributed by atoms with van der Waals surface area (Å²) < 4.78 is 5.25. The fourth-order valence-electron chi connectivity index (χ4n) is 1.34. The highest BCUT2D eigenvalue weighted by molar-refractivity contribution is 8.44. The van der Waals surface area contributed by atoms with E-state index in [1.54, 1.807) is 0 Å². The largest absolute Gasteiger partial charge is 0.313 e. The summed E-state index contributed by atoms with van der Waals surface area (Å²) in [5.41, 5.74) is 0. The van der Waals surface area contributed by atoms with Crippen molar-refractivity contribution in [2.45, 2.75) is 46.0 Å². The molecule has 1 nitrogen and oxygen atoms in total. The van der Waals surface area contributed by atoms with Crippen LogP contribution >= 0.6 is 0 Å². The second-order valence-electron chi connectivity index (χ2n) is 3.26. The van der Waals surface area contributed by atoms with Gasteiger partial charge in [0.05, 0.1) is 6.61 Å². The van der Waals surface area contributed by atoms with Gasteiger partial charge in [-0.1, -0.05) is 39.5 Å². The van der Waals surface area contributed by atoms with Gasteiger partial charge in [-0.15, -0.1) is 0 Å². The van der Waals surface area contributed by atoms with Crippen LogP contribution in [0, 0.1) is 5.92 Å². The molecule has 0 aliphatic rings. The molecule has 1 atom stereocenters. The van der Waals surface area contributed by atoms with E-state index in [2.05, 4.69) is 13.8 Å². The molecule has 1 unspecified atom stereocenters. The molecule has 0 aliphatic carbocycles. The Bertz CT molecular complexity index is 170. The zero-order valence-electron chi connectivity index (χ0n) is 8.49. The van der Waals surface area contributed by atoms with Gasteiger partial charge in [0.25, 0.3) is 0 Å². The molecule has 0 aromatic heterocycles. The van der Waals surface area contributed by atoms with Crippen molar-refractivity contribution in [1.82, 2.24) is 0 Å². The van der Waals surface area contributed by atoms with Crippen molar-refractivity contribution >= 4 is 30.7 Å². The van der Waals surface area contributed by atoms with Crippen LogP contribution in [0.4, 0.5) is 0 Å². The zero-order valence-corrected chi connectivity index (χ0v) is 11.0. The molecular weight excluding hydrogens is 220 g/mol. The smallest absolute Gasteiger partial charge is 0.0619 e. The fraction of sp³-hybridized carbons (Fsp3) is 1.00. The molecular formula is C9H20OS3. The minimum absolute atomic E-state index is 0.765. The first-order valence-electron chi connectivity index (χ1n) is 4.98. The third-order valence-electron chi connectivity index (χ3n) is 2.27. The normalized spacial score (nSPS) is 13.5. The van der Waals surface area contributed by atoms with Crippen molar-refractivity contribution in [3.05, 3.63) is 0 Å². The van der Waals surface area contributed by atoms with Crippen LogP contribution in [0.5, 0.6) is 0 Å². The van der Waals surface area contributed by atoms with E-state index in [1.165, 1.54) is 25.7 Å². The van der Waals surface area contributed by atoms with Crippen LogP contribution in [0.3, 0.4) is 0 Å². The van der Waals surface area contributed by atoms with Gasteiger partial charge in [0.1, 0.15) is 0 Å². The van der Waals surface area contributed by atoms with Gasteiger partial charge in [-0.3, -0.25) is 0 Å². The lowest BCUT2D eigenvalue weighted by atomic mass is 9.96. The van der Waals surface area contributed by atoms with Gasteiger partial charge < -0.3 is 4.18 Å². The minimum atomic E-state index is -0.982. The van der Waals surface area contributed by atoms with Crippen LogP contribution in [-0.4, -0.2) is 6.61 Å². The number of unbranched alkanes of at least 4 members (excludes halogenated alkanes) is 1. The van der Waals surface area contributed by atoms with Crippen LogP contribution in [0.1, 0.15) is 46.0 Å². The van der Waals surface area contributed by atoms with E-state index in [0.29, 0.717) is 0 Å². The van der Waals surface area contributed by atoms with Crippen LogP contribution in [0.25, 0.3) is 0 Å². The van der Waals surface area contributed by atoms with Gasteiger partial charge >= 0.3 is 0 Å². The Kier molecular flexibility index (Phi) is 9.85. The van der Waals surface area contributed by atoms with Gasteiger partial charge in [-0.05, 0) is 34.7 Å². The molecule has 0 rings (SSSR count). The summed E-state index contributed by atoms with van der Waals surface area (Å²) in [6, 6.07) is 0. The maximum absolute atomic E-state index is 5.25. The molecule has 0 N–H and O–H groups in total. The molecule has 0 bridgehead atoms. The summed E-state index contributed by atoms with van der Waals surface area (Å²) in [7, 11) is -0.982. The standard InChI is InChI=1S/C9H20OS3/c1-3-5-6-9(4-2)7-8-10-13(11)12/h9,13H,3-8H2,1-2H3. The van der Waals surface area contributed by atoms with Crippen molar-refractivity contribution in [2.75, 3.05) is 6.61 Å². The monoisotopic (exact) mass is 240 g/mol. The Balaban J connectivity index is 3.47. The topological polar surface area (TPSA) is 9.23 Å². The SMILES string of the molecule is CCCCC(CC)CCO[SH](=S)=S. The van der Waals surface area contributed by atoms with E-state index in [0.717, 1.165) is 18.9 Å². The average molecular weight is 240 g/mol. The van der Waals surface area contributed by atoms with Gasteiger partial charge in [0.2, 0.25) is 0 Å². The Morgan fingerprint density at radius 1 is 1.23 bits per heavy atom. The first-order valence-corrected chi connectivity index (χ1v) is 8.26. The number of hydrogen-bond donors (Lipinski definition) is 1. The summed E-state index contributed by atoms with van der Waals surface area (Å²) in [5.74, 6) is 0.805. The number of rotatable bonds is 8. The Labute approximate surface area is 93.3 Å². The average Bonchev–Trinajstić information content (AvgIpc) is 2.10. The van der Waals surface area contributed by atoms with Gasteiger partial charge in [0, 0.05) is 8.29 Å². The minimum Gasteiger partial charge on any atom is -0.313 e. The summed E-state index contributed by atoms with van der Waals surface area (Å²) in [6.45, 7) is 5.24. The lowest BCUT2D eigenvalue weighted by molar-refractivity contribution is 0.302. The third kappa shape index (κ3) is 9.06. The molecule has 13 heavy (non-hydrogen) atoms. The predicted molar refractivity (Wildman–Crippen MR) is 67.4 cm³/mol. The molecule has 0 amide bonds. The maximum Gasteiger partial charge on any atom is 0.0619 e. The van der Waals surface area contributed by atoms with Gasteiger partial charge in [-0.25, -0.2) is 0 Å². The van der Waals surface area contributed by atoms with Crippen LogP contribution in [-0.2, 0) is 34.9 Å². The molecule has 0 fully saturated rings. The van der Waals surface area contributed by atoms with Crippen molar-refractivity contribution in [3.63, 3.8) is 0 Å². The van der Waals surface area contributed by atoms with E-state index in [4.69, 9.17) is 26.6 Å². The summed E-state index contributed by atoms with van der Waals surface area (Å²) in [4.78, 5) is 0. The first-order chi connectivity index (χ1) is 6.20. The molecule has 0 saturated heterocycles. The zero-order chi connectivity index (χ0) is 10.1. The predicted octanol–water partition coefficient (Wildman–Crippen LogP) is 2.80. The molecule has 0 aliphatic heterocycles. The van der Waals surface area contributed by atoms with Gasteiger partial charge in [0.15, 0.2) is 0 Å². The summed E-state index contributed by atoms with van der Waals surface area (Å²) in [6.07, 6.45) is 6.31. The molecule has 4 heteroatoms. The lowest BCUT2D eigenvalue weighted by Gasteiger charge is -2.12. The Hall–Kier alpha value is 0.750. The highest BCUT2D eigenvalue weighted by Gasteiger charge is 2.04. The van der Waals surface area contributed by atoms with E-state index < -0.39 is 8.29 Å². The number of thiol groups is 1. The Morgan fingerprint density at radius 3 is 2.38 bits per heavy atom. The second-order valence-corrected chi connectivity index (χ2v) is 6.65. The van der Waals surface area contributed by atoms with Gasteiger partial charge in [-0.2, -0.15) is 0 Å². The van der Waals surface area contributed by atoms with E-state index >= 15 is 0 Å². The maximum atomic E-state index is 5.25. The second kappa shape index (κ2) is 9.31. The number of hydrogen-bond acceptors (Lipinski definition) is 3. The van der Waals surface area contributed by atoms with Crippen molar-refractivity contribution in [3.8, 4) is 0 Å². The molecule has 0 aromatic carbocycles. The van der Waals surface area contributed by atoms with E-state index in [1.807, 2.05) is 0 Å². The highest BCUT2D eigenvalue weighted by Crippen LogP contribution is 2.16. The van der Waals surface area contributed by atoms with E-state index in [9.17, 15) is 0 Å². The molecule has 80 valence electrons. The molecule has 0 saturated carbocycles. The van der Waals surface area contributed by atoms with Crippen LogP contribution in [0.15, 0.2) is 0 Å².